The number of hydrogen-bond donors (Lipinski definition) is 3. The van der Waals surface area contributed by atoms with Gasteiger partial charge in [0.1, 0.15) is 5.75 Å². The summed E-state index contributed by atoms with van der Waals surface area (Å²) in [6.45, 7) is 7.43. The molecule has 0 aromatic heterocycles. The third-order valence-electron chi connectivity index (χ3n) is 4.61. The van der Waals surface area contributed by atoms with E-state index in [9.17, 15) is 5.11 Å². The molecule has 1 atom stereocenters. The largest absolute Gasteiger partial charge is 0.496 e. The summed E-state index contributed by atoms with van der Waals surface area (Å²) in [5.74, 6) is 1.60. The molecule has 0 spiro atoms. The van der Waals surface area contributed by atoms with E-state index in [0.29, 0.717) is 6.54 Å². The van der Waals surface area contributed by atoms with Gasteiger partial charge in [-0.2, -0.15) is 0 Å². The lowest BCUT2D eigenvalue weighted by Crippen LogP contribution is -2.40. The Labute approximate surface area is 145 Å². The van der Waals surface area contributed by atoms with Gasteiger partial charge in [-0.1, -0.05) is 30.5 Å². The average molecular weight is 333 g/mol. The molecule has 0 amide bonds. The number of aryl methyl sites for hydroxylation is 1. The Kier molecular flexibility index (Phi) is 6.49. The van der Waals surface area contributed by atoms with Gasteiger partial charge in [-0.15, -0.1) is 0 Å². The molecule has 1 aromatic rings. The van der Waals surface area contributed by atoms with Gasteiger partial charge in [0, 0.05) is 12.1 Å². The van der Waals surface area contributed by atoms with Gasteiger partial charge in [0.25, 0.3) is 0 Å². The molecule has 24 heavy (non-hydrogen) atoms. The number of aliphatic hydroxyl groups is 1. The minimum absolute atomic E-state index is 0.0517. The van der Waals surface area contributed by atoms with Gasteiger partial charge in [0.2, 0.25) is 0 Å². The molecule has 1 aromatic carbocycles. The van der Waals surface area contributed by atoms with E-state index in [-0.39, 0.29) is 6.04 Å². The van der Waals surface area contributed by atoms with Crippen molar-refractivity contribution in [3.8, 4) is 5.75 Å². The van der Waals surface area contributed by atoms with Gasteiger partial charge in [0.05, 0.1) is 25.3 Å². The maximum Gasteiger partial charge on any atom is 0.191 e. The zero-order valence-electron chi connectivity index (χ0n) is 15.4. The Hall–Kier alpha value is -1.75. The van der Waals surface area contributed by atoms with Crippen molar-refractivity contribution >= 4 is 5.96 Å². The first kappa shape index (κ1) is 18.6. The van der Waals surface area contributed by atoms with Crippen molar-refractivity contribution in [2.24, 2.45) is 4.99 Å². The van der Waals surface area contributed by atoms with Crippen LogP contribution in [-0.4, -0.2) is 36.9 Å². The molecule has 3 N–H and O–H groups in total. The van der Waals surface area contributed by atoms with Crippen molar-refractivity contribution in [1.82, 2.24) is 10.6 Å². The number of ether oxygens (including phenoxy) is 1. The van der Waals surface area contributed by atoms with Crippen LogP contribution in [0.3, 0.4) is 0 Å². The molecule has 1 saturated carbocycles. The number of nitrogens with one attached hydrogen (secondary N) is 2. The molecule has 5 heteroatoms. The number of aliphatic imine (C=N–C) groups is 1. The molecule has 1 fully saturated rings. The number of nitrogens with zero attached hydrogens (tertiary/aromatic N) is 1. The minimum Gasteiger partial charge on any atom is -0.496 e. The first-order valence-corrected chi connectivity index (χ1v) is 8.89. The molecule has 1 aliphatic rings. The topological polar surface area (TPSA) is 65.9 Å². The first-order valence-electron chi connectivity index (χ1n) is 8.89. The van der Waals surface area contributed by atoms with Crippen molar-refractivity contribution in [1.29, 1.82) is 0 Å². The summed E-state index contributed by atoms with van der Waals surface area (Å²) in [6.07, 6.45) is 3.87. The van der Waals surface area contributed by atoms with E-state index in [1.807, 2.05) is 19.1 Å². The Morgan fingerprint density at radius 3 is 2.71 bits per heavy atom. The van der Waals surface area contributed by atoms with Crippen LogP contribution in [0.5, 0.6) is 5.75 Å². The molecule has 1 unspecified atom stereocenters. The van der Waals surface area contributed by atoms with Crippen LogP contribution in [-0.2, 0) is 0 Å². The van der Waals surface area contributed by atoms with E-state index in [2.05, 4.69) is 35.5 Å². The van der Waals surface area contributed by atoms with Gasteiger partial charge in [0.15, 0.2) is 5.96 Å². The lowest BCUT2D eigenvalue weighted by molar-refractivity contribution is 0.0574. The highest BCUT2D eigenvalue weighted by Crippen LogP contribution is 2.29. The van der Waals surface area contributed by atoms with Gasteiger partial charge in [-0.25, -0.2) is 0 Å². The highest BCUT2D eigenvalue weighted by molar-refractivity contribution is 5.80. The first-order chi connectivity index (χ1) is 11.5. The Morgan fingerprint density at radius 1 is 1.38 bits per heavy atom. The van der Waals surface area contributed by atoms with Gasteiger partial charge < -0.3 is 20.5 Å². The van der Waals surface area contributed by atoms with Crippen LogP contribution in [0.4, 0.5) is 0 Å². The van der Waals surface area contributed by atoms with E-state index in [1.54, 1.807) is 7.11 Å². The van der Waals surface area contributed by atoms with Crippen LogP contribution >= 0.6 is 0 Å². The van der Waals surface area contributed by atoms with E-state index in [4.69, 9.17) is 4.74 Å². The second kappa shape index (κ2) is 8.38. The fraction of sp³-hybridized carbons (Fsp3) is 0.632. The van der Waals surface area contributed by atoms with Gasteiger partial charge >= 0.3 is 0 Å². The second-order valence-electron chi connectivity index (χ2n) is 6.74. The summed E-state index contributed by atoms with van der Waals surface area (Å²) in [6, 6.07) is 6.22. The number of guanidine groups is 1. The number of methoxy groups -OCH3 is 1. The quantitative estimate of drug-likeness (QED) is 0.553. The highest BCUT2D eigenvalue weighted by atomic mass is 16.5. The summed E-state index contributed by atoms with van der Waals surface area (Å²) in [5, 5.41) is 17.2. The van der Waals surface area contributed by atoms with Crippen LogP contribution in [0.1, 0.15) is 56.7 Å². The SMILES string of the molecule is CCNC(=NCC1(O)CCCC1)NC(C)c1cc(C)ccc1OC. The van der Waals surface area contributed by atoms with Crippen molar-refractivity contribution in [2.45, 2.75) is 58.1 Å². The third kappa shape index (κ3) is 4.87. The Balaban J connectivity index is 2.10. The predicted molar refractivity (Wildman–Crippen MR) is 98.7 cm³/mol. The smallest absolute Gasteiger partial charge is 0.191 e. The molecular weight excluding hydrogens is 302 g/mol. The number of benzene rings is 1. The Morgan fingerprint density at radius 2 is 2.08 bits per heavy atom. The van der Waals surface area contributed by atoms with Crippen LogP contribution in [0, 0.1) is 6.92 Å². The molecule has 0 aliphatic heterocycles. The van der Waals surface area contributed by atoms with E-state index >= 15 is 0 Å². The van der Waals surface area contributed by atoms with Gasteiger partial charge in [-0.05, 0) is 39.7 Å². The molecule has 134 valence electrons. The van der Waals surface area contributed by atoms with Crippen LogP contribution in [0.2, 0.25) is 0 Å². The monoisotopic (exact) mass is 333 g/mol. The summed E-state index contributed by atoms with van der Waals surface area (Å²) in [5.41, 5.74) is 1.66. The van der Waals surface area contributed by atoms with Crippen LogP contribution < -0.4 is 15.4 Å². The van der Waals surface area contributed by atoms with E-state index < -0.39 is 5.60 Å². The molecule has 0 radical (unpaired) electrons. The van der Waals surface area contributed by atoms with Crippen molar-refractivity contribution in [2.75, 3.05) is 20.2 Å². The van der Waals surface area contributed by atoms with E-state index in [1.165, 1.54) is 5.56 Å². The standard InChI is InChI=1S/C19H31N3O2/c1-5-20-18(21-13-19(23)10-6-7-11-19)22-15(3)16-12-14(2)8-9-17(16)24-4/h8-9,12,15,23H,5-7,10-11,13H2,1-4H3,(H2,20,21,22). The molecule has 0 heterocycles. The molecule has 1 aliphatic carbocycles. The number of hydrogen-bond acceptors (Lipinski definition) is 3. The average Bonchev–Trinajstić information content (AvgIpc) is 3.00. The van der Waals surface area contributed by atoms with E-state index in [0.717, 1.165) is 49.5 Å². The molecular formula is C19H31N3O2. The fourth-order valence-electron chi connectivity index (χ4n) is 3.21. The normalized spacial score (nSPS) is 18.3. The fourth-order valence-corrected chi connectivity index (χ4v) is 3.21. The lowest BCUT2D eigenvalue weighted by atomic mass is 10.0. The van der Waals surface area contributed by atoms with Crippen LogP contribution in [0.15, 0.2) is 23.2 Å². The maximum absolute atomic E-state index is 10.5. The molecule has 2 rings (SSSR count). The summed E-state index contributed by atoms with van der Waals surface area (Å²) < 4.78 is 5.48. The molecule has 0 saturated heterocycles. The van der Waals surface area contributed by atoms with Gasteiger partial charge in [-0.3, -0.25) is 4.99 Å². The molecule has 5 nitrogen and oxygen atoms in total. The summed E-state index contributed by atoms with van der Waals surface area (Å²) in [4.78, 5) is 4.61. The summed E-state index contributed by atoms with van der Waals surface area (Å²) in [7, 11) is 1.69. The Bertz CT molecular complexity index is 566. The predicted octanol–water partition coefficient (Wildman–Crippen LogP) is 2.92. The van der Waals surface area contributed by atoms with Crippen molar-refractivity contribution in [3.05, 3.63) is 29.3 Å². The zero-order chi connectivity index (χ0) is 17.6. The zero-order valence-corrected chi connectivity index (χ0v) is 15.4. The van der Waals surface area contributed by atoms with Crippen molar-refractivity contribution in [3.63, 3.8) is 0 Å². The maximum atomic E-state index is 10.5. The minimum atomic E-state index is -0.632. The highest BCUT2D eigenvalue weighted by Gasteiger charge is 2.30. The lowest BCUT2D eigenvalue weighted by Gasteiger charge is -2.23. The summed E-state index contributed by atoms with van der Waals surface area (Å²) >= 11 is 0. The third-order valence-corrected chi connectivity index (χ3v) is 4.61. The van der Waals surface area contributed by atoms with Crippen molar-refractivity contribution < 1.29 is 9.84 Å². The number of rotatable bonds is 6. The second-order valence-corrected chi connectivity index (χ2v) is 6.74. The van der Waals surface area contributed by atoms with Crippen LogP contribution in [0.25, 0.3) is 0 Å². The molecule has 0 bridgehead atoms.